The van der Waals surface area contributed by atoms with Crippen LogP contribution in [0.5, 0.6) is 0 Å². The lowest BCUT2D eigenvalue weighted by atomic mass is 9.90. The molecule has 1 aromatic heterocycles. The van der Waals surface area contributed by atoms with Gasteiger partial charge in [-0.25, -0.2) is 4.98 Å². The Balaban J connectivity index is 1.57. The van der Waals surface area contributed by atoms with Gasteiger partial charge in [-0.05, 0) is 76.9 Å². The highest BCUT2D eigenvalue weighted by Gasteiger charge is 2.09. The fraction of sp³-hybridized carbons (Fsp3) is 0.353. The van der Waals surface area contributed by atoms with Gasteiger partial charge in [-0.2, -0.15) is 0 Å². The molecular weight excluding hydrogens is 312 g/mol. The second-order valence-corrected chi connectivity index (χ2v) is 6.26. The number of fused-ring (bicyclic) bond motifs is 1. The number of hydrogen-bond acceptors (Lipinski definition) is 2. The van der Waals surface area contributed by atoms with Crippen molar-refractivity contribution in [2.24, 2.45) is 0 Å². The number of rotatable bonds is 4. The number of halogens is 1. The van der Waals surface area contributed by atoms with Gasteiger partial charge in [0.2, 0.25) is 0 Å². The van der Waals surface area contributed by atoms with E-state index >= 15 is 0 Å². The lowest BCUT2D eigenvalue weighted by Crippen LogP contribution is -2.08. The predicted octanol–water partition coefficient (Wildman–Crippen LogP) is 4.38. The second-order valence-electron chi connectivity index (χ2n) is 5.35. The summed E-state index contributed by atoms with van der Waals surface area (Å²) in [5.74, 6) is 0.936. The van der Waals surface area contributed by atoms with Crippen LogP contribution in [0, 0.1) is 0 Å². The molecule has 0 amide bonds. The van der Waals surface area contributed by atoms with Gasteiger partial charge in [0.15, 0.2) is 0 Å². The Hall–Kier alpha value is -1.35. The normalized spacial score (nSPS) is 13.8. The topological polar surface area (TPSA) is 24.9 Å². The molecule has 1 aliphatic rings. The Labute approximate surface area is 128 Å². The Morgan fingerprint density at radius 2 is 1.90 bits per heavy atom. The number of benzene rings is 1. The Morgan fingerprint density at radius 1 is 1.05 bits per heavy atom. The molecule has 104 valence electrons. The number of anilines is 1. The van der Waals surface area contributed by atoms with Crippen molar-refractivity contribution in [1.82, 2.24) is 4.98 Å². The van der Waals surface area contributed by atoms with Crippen LogP contribution in [0.3, 0.4) is 0 Å². The van der Waals surface area contributed by atoms with Crippen LogP contribution in [-0.2, 0) is 19.3 Å². The zero-order chi connectivity index (χ0) is 13.8. The molecular formula is C17H19BrN2. The van der Waals surface area contributed by atoms with E-state index in [9.17, 15) is 0 Å². The van der Waals surface area contributed by atoms with Crippen LogP contribution >= 0.6 is 15.9 Å². The number of nitrogens with one attached hydrogen (secondary N) is 1. The van der Waals surface area contributed by atoms with Crippen molar-refractivity contribution in [2.75, 3.05) is 11.9 Å². The summed E-state index contributed by atoms with van der Waals surface area (Å²) in [5, 5.41) is 3.37. The van der Waals surface area contributed by atoms with Gasteiger partial charge < -0.3 is 5.32 Å². The first-order chi connectivity index (χ1) is 9.81. The zero-order valence-electron chi connectivity index (χ0n) is 11.5. The van der Waals surface area contributed by atoms with Gasteiger partial charge in [-0.1, -0.05) is 18.2 Å². The van der Waals surface area contributed by atoms with Crippen molar-refractivity contribution in [2.45, 2.75) is 32.1 Å². The van der Waals surface area contributed by atoms with Gasteiger partial charge in [0.05, 0.1) is 0 Å². The van der Waals surface area contributed by atoms with E-state index in [0.29, 0.717) is 0 Å². The molecule has 0 unspecified atom stereocenters. The first kappa shape index (κ1) is 13.6. The summed E-state index contributed by atoms with van der Waals surface area (Å²) in [6.07, 6.45) is 8.08. The van der Waals surface area contributed by atoms with E-state index in [-0.39, 0.29) is 0 Å². The summed E-state index contributed by atoms with van der Waals surface area (Å²) in [7, 11) is 0. The van der Waals surface area contributed by atoms with E-state index in [2.05, 4.69) is 44.4 Å². The van der Waals surface area contributed by atoms with E-state index in [1.807, 2.05) is 18.3 Å². The van der Waals surface area contributed by atoms with E-state index < -0.39 is 0 Å². The smallest absolute Gasteiger partial charge is 0.125 e. The average molecular weight is 331 g/mol. The number of hydrogen-bond donors (Lipinski definition) is 1. The third kappa shape index (κ3) is 3.40. The number of nitrogens with zero attached hydrogens (tertiary/aromatic N) is 1. The molecule has 0 fully saturated rings. The summed E-state index contributed by atoms with van der Waals surface area (Å²) < 4.78 is 1.01. The second kappa shape index (κ2) is 6.40. The Kier molecular flexibility index (Phi) is 4.36. The maximum Gasteiger partial charge on any atom is 0.125 e. The van der Waals surface area contributed by atoms with Crippen molar-refractivity contribution in [3.63, 3.8) is 0 Å². The average Bonchev–Trinajstić information content (AvgIpc) is 2.49. The van der Waals surface area contributed by atoms with E-state index in [0.717, 1.165) is 23.3 Å². The molecule has 1 N–H and O–H groups in total. The lowest BCUT2D eigenvalue weighted by molar-refractivity contribution is 0.684. The molecule has 3 heteroatoms. The van der Waals surface area contributed by atoms with Crippen LogP contribution in [0.4, 0.5) is 5.82 Å². The largest absolute Gasteiger partial charge is 0.370 e. The number of pyridine rings is 1. The molecule has 0 radical (unpaired) electrons. The minimum absolute atomic E-state index is 0.924. The molecule has 20 heavy (non-hydrogen) atoms. The number of aromatic nitrogens is 1. The minimum atomic E-state index is 0.924. The molecule has 0 bridgehead atoms. The van der Waals surface area contributed by atoms with Gasteiger partial charge in [-0.3, -0.25) is 0 Å². The van der Waals surface area contributed by atoms with E-state index in [1.54, 1.807) is 11.1 Å². The van der Waals surface area contributed by atoms with Gasteiger partial charge in [0, 0.05) is 17.2 Å². The zero-order valence-corrected chi connectivity index (χ0v) is 13.1. The maximum absolute atomic E-state index is 4.32. The molecule has 0 atom stereocenters. The van der Waals surface area contributed by atoms with Gasteiger partial charge >= 0.3 is 0 Å². The van der Waals surface area contributed by atoms with Crippen LogP contribution < -0.4 is 5.32 Å². The molecule has 0 aliphatic heterocycles. The van der Waals surface area contributed by atoms with Crippen molar-refractivity contribution >= 4 is 21.7 Å². The molecule has 1 aliphatic carbocycles. The quantitative estimate of drug-likeness (QED) is 0.899. The summed E-state index contributed by atoms with van der Waals surface area (Å²) in [6, 6.07) is 11.0. The molecule has 3 rings (SSSR count). The molecule has 1 heterocycles. The maximum atomic E-state index is 4.32. The molecule has 2 nitrogen and oxygen atoms in total. The van der Waals surface area contributed by atoms with E-state index in [4.69, 9.17) is 0 Å². The summed E-state index contributed by atoms with van der Waals surface area (Å²) in [4.78, 5) is 4.32. The third-order valence-corrected chi connectivity index (χ3v) is 4.33. The highest BCUT2D eigenvalue weighted by molar-refractivity contribution is 9.10. The highest BCUT2D eigenvalue weighted by Crippen LogP contribution is 2.22. The Morgan fingerprint density at radius 3 is 2.70 bits per heavy atom. The lowest BCUT2D eigenvalue weighted by Gasteiger charge is -2.16. The van der Waals surface area contributed by atoms with Crippen molar-refractivity contribution in [3.8, 4) is 0 Å². The van der Waals surface area contributed by atoms with Crippen LogP contribution in [0.25, 0.3) is 0 Å². The molecule has 0 saturated heterocycles. The van der Waals surface area contributed by atoms with Crippen LogP contribution in [0.2, 0.25) is 0 Å². The van der Waals surface area contributed by atoms with E-state index in [1.165, 1.54) is 31.2 Å². The minimum Gasteiger partial charge on any atom is -0.370 e. The first-order valence-corrected chi connectivity index (χ1v) is 8.07. The SMILES string of the molecule is Brc1ccc(NCCc2ccc3c(c2)CCCC3)nc1. The van der Waals surface area contributed by atoms with Crippen molar-refractivity contribution < 1.29 is 0 Å². The summed E-state index contributed by atoms with van der Waals surface area (Å²) >= 11 is 3.39. The standard InChI is InChI=1S/C17H19BrN2/c18-16-7-8-17(20-12-16)19-10-9-13-5-6-14-3-1-2-4-15(14)11-13/h5-8,11-12H,1-4,9-10H2,(H,19,20). The van der Waals surface area contributed by atoms with Crippen LogP contribution in [0.1, 0.15) is 29.5 Å². The highest BCUT2D eigenvalue weighted by atomic mass is 79.9. The Bertz CT molecular complexity index is 578. The van der Waals surface area contributed by atoms with Crippen molar-refractivity contribution in [1.29, 1.82) is 0 Å². The first-order valence-electron chi connectivity index (χ1n) is 7.27. The fourth-order valence-electron chi connectivity index (χ4n) is 2.76. The molecule has 1 aromatic carbocycles. The van der Waals surface area contributed by atoms with Crippen LogP contribution in [0.15, 0.2) is 41.0 Å². The van der Waals surface area contributed by atoms with Gasteiger partial charge in [0.25, 0.3) is 0 Å². The predicted molar refractivity (Wildman–Crippen MR) is 87.2 cm³/mol. The summed E-state index contributed by atoms with van der Waals surface area (Å²) in [6.45, 7) is 0.924. The van der Waals surface area contributed by atoms with Gasteiger partial charge in [-0.15, -0.1) is 0 Å². The number of aryl methyl sites for hydroxylation is 2. The molecule has 2 aromatic rings. The fourth-order valence-corrected chi connectivity index (χ4v) is 2.99. The summed E-state index contributed by atoms with van der Waals surface area (Å²) in [5.41, 5.74) is 4.55. The molecule has 0 saturated carbocycles. The van der Waals surface area contributed by atoms with Gasteiger partial charge in [0.1, 0.15) is 5.82 Å². The molecule has 0 spiro atoms. The van der Waals surface area contributed by atoms with Crippen LogP contribution in [-0.4, -0.2) is 11.5 Å². The monoisotopic (exact) mass is 330 g/mol. The third-order valence-electron chi connectivity index (χ3n) is 3.86. The van der Waals surface area contributed by atoms with Crippen molar-refractivity contribution in [3.05, 3.63) is 57.7 Å².